The maximum atomic E-state index is 6.12. The van der Waals surface area contributed by atoms with E-state index in [9.17, 15) is 0 Å². The minimum Gasteiger partial charge on any atom is -0.442 e. The molecule has 1 aromatic carbocycles. The number of benzene rings is 1. The standard InChI is InChI=1S/C15H13ClN4O3/c16-11-4-2-1-3-9(11)14-17-15(23-20-14)22-8-13-10-7-21-6-5-12(10)18-19-13/h1-4H,5-8H2,(H,18,19). The predicted molar refractivity (Wildman–Crippen MR) is 81.0 cm³/mol. The van der Waals surface area contributed by atoms with E-state index in [-0.39, 0.29) is 12.7 Å². The molecule has 0 saturated heterocycles. The third-order valence-electron chi connectivity index (χ3n) is 3.64. The smallest absolute Gasteiger partial charge is 0.418 e. The van der Waals surface area contributed by atoms with E-state index in [2.05, 4.69) is 20.3 Å². The van der Waals surface area contributed by atoms with Gasteiger partial charge in [0.15, 0.2) is 0 Å². The van der Waals surface area contributed by atoms with Crippen molar-refractivity contribution >= 4 is 11.6 Å². The molecule has 118 valence electrons. The first kappa shape index (κ1) is 14.2. The number of halogens is 1. The summed E-state index contributed by atoms with van der Waals surface area (Å²) in [7, 11) is 0. The number of rotatable bonds is 4. The molecule has 0 unspecified atom stereocenters. The first-order valence-electron chi connectivity index (χ1n) is 7.15. The Morgan fingerprint density at radius 1 is 1.30 bits per heavy atom. The van der Waals surface area contributed by atoms with Crippen LogP contribution in [0.1, 0.15) is 17.0 Å². The second-order valence-electron chi connectivity index (χ2n) is 5.08. The number of aromatic amines is 1. The van der Waals surface area contributed by atoms with Crippen molar-refractivity contribution in [3.63, 3.8) is 0 Å². The van der Waals surface area contributed by atoms with Crippen LogP contribution in [0, 0.1) is 0 Å². The molecule has 1 N–H and O–H groups in total. The van der Waals surface area contributed by atoms with Crippen LogP contribution in [0.3, 0.4) is 0 Å². The second kappa shape index (κ2) is 6.02. The van der Waals surface area contributed by atoms with Crippen molar-refractivity contribution in [3.05, 3.63) is 46.2 Å². The highest BCUT2D eigenvalue weighted by atomic mass is 35.5. The normalized spacial score (nSPS) is 13.8. The van der Waals surface area contributed by atoms with Crippen molar-refractivity contribution in [1.29, 1.82) is 0 Å². The van der Waals surface area contributed by atoms with Crippen molar-refractivity contribution in [1.82, 2.24) is 20.3 Å². The van der Waals surface area contributed by atoms with Gasteiger partial charge in [-0.3, -0.25) is 9.62 Å². The van der Waals surface area contributed by atoms with E-state index in [1.165, 1.54) is 0 Å². The molecule has 2 aromatic heterocycles. The van der Waals surface area contributed by atoms with E-state index in [1.54, 1.807) is 6.07 Å². The van der Waals surface area contributed by atoms with Gasteiger partial charge in [-0.25, -0.2) is 0 Å². The second-order valence-corrected chi connectivity index (χ2v) is 5.49. The summed E-state index contributed by atoms with van der Waals surface area (Å²) < 4.78 is 16.1. The summed E-state index contributed by atoms with van der Waals surface area (Å²) in [6, 6.07) is 7.28. The summed E-state index contributed by atoms with van der Waals surface area (Å²) >= 11 is 6.12. The Hall–Kier alpha value is -2.38. The molecule has 0 atom stereocenters. The topological polar surface area (TPSA) is 86.1 Å². The van der Waals surface area contributed by atoms with Crippen LogP contribution >= 0.6 is 11.6 Å². The number of ether oxygens (including phenoxy) is 2. The minimum atomic E-state index is 0.0772. The fourth-order valence-corrected chi connectivity index (χ4v) is 2.66. The molecule has 0 spiro atoms. The predicted octanol–water partition coefficient (Wildman–Crippen LogP) is 2.76. The molecule has 0 amide bonds. The third-order valence-corrected chi connectivity index (χ3v) is 3.97. The lowest BCUT2D eigenvalue weighted by Gasteiger charge is -2.11. The zero-order valence-electron chi connectivity index (χ0n) is 12.1. The molecule has 4 rings (SSSR count). The number of nitrogens with zero attached hydrogens (tertiary/aromatic N) is 3. The zero-order chi connectivity index (χ0) is 15.6. The fourth-order valence-electron chi connectivity index (χ4n) is 2.44. The molecular weight excluding hydrogens is 320 g/mol. The Kier molecular flexibility index (Phi) is 3.72. The number of fused-ring (bicyclic) bond motifs is 1. The molecule has 0 bridgehead atoms. The van der Waals surface area contributed by atoms with E-state index in [0.717, 1.165) is 23.4 Å². The molecule has 1 aliphatic rings. The SMILES string of the molecule is Clc1ccccc1-c1noc(OCc2n[nH]c3c2COCC3)n1. The highest BCUT2D eigenvalue weighted by Crippen LogP contribution is 2.26. The van der Waals surface area contributed by atoms with E-state index in [1.807, 2.05) is 18.2 Å². The van der Waals surface area contributed by atoms with Gasteiger partial charge in [0.25, 0.3) is 0 Å². The number of nitrogens with one attached hydrogen (secondary N) is 1. The molecule has 0 radical (unpaired) electrons. The van der Waals surface area contributed by atoms with Gasteiger partial charge >= 0.3 is 6.08 Å². The summed E-state index contributed by atoms with van der Waals surface area (Å²) in [6.07, 6.45) is 0.910. The van der Waals surface area contributed by atoms with Crippen molar-refractivity contribution in [2.45, 2.75) is 19.6 Å². The minimum absolute atomic E-state index is 0.0772. The molecule has 0 aliphatic carbocycles. The third kappa shape index (κ3) is 2.80. The Balaban J connectivity index is 1.48. The van der Waals surface area contributed by atoms with Gasteiger partial charge in [0, 0.05) is 23.2 Å². The molecule has 8 heteroatoms. The molecule has 1 aliphatic heterocycles. The van der Waals surface area contributed by atoms with Crippen LogP contribution in [0.15, 0.2) is 28.8 Å². The van der Waals surface area contributed by atoms with Crippen molar-refractivity contribution in [2.24, 2.45) is 0 Å². The van der Waals surface area contributed by atoms with Crippen LogP contribution in [-0.4, -0.2) is 26.9 Å². The Bertz CT molecular complexity index is 830. The Morgan fingerprint density at radius 3 is 3.13 bits per heavy atom. The Morgan fingerprint density at radius 2 is 2.22 bits per heavy atom. The van der Waals surface area contributed by atoms with Crippen LogP contribution in [0.2, 0.25) is 5.02 Å². The van der Waals surface area contributed by atoms with Gasteiger partial charge in [-0.1, -0.05) is 28.9 Å². The summed E-state index contributed by atoms with van der Waals surface area (Å²) in [5.74, 6) is 0.387. The van der Waals surface area contributed by atoms with Crippen LogP contribution in [0.5, 0.6) is 6.08 Å². The average Bonchev–Trinajstić information content (AvgIpc) is 3.20. The monoisotopic (exact) mass is 332 g/mol. The van der Waals surface area contributed by atoms with E-state index >= 15 is 0 Å². The Labute approximate surface area is 136 Å². The van der Waals surface area contributed by atoms with E-state index in [4.69, 9.17) is 25.6 Å². The largest absolute Gasteiger partial charge is 0.442 e. The van der Waals surface area contributed by atoms with Crippen molar-refractivity contribution in [3.8, 4) is 17.5 Å². The molecule has 3 aromatic rings. The van der Waals surface area contributed by atoms with Crippen molar-refractivity contribution < 1.29 is 14.0 Å². The average molecular weight is 333 g/mol. The lowest BCUT2D eigenvalue weighted by Crippen LogP contribution is -2.10. The lowest BCUT2D eigenvalue weighted by molar-refractivity contribution is 0.108. The van der Waals surface area contributed by atoms with Crippen LogP contribution in [0.4, 0.5) is 0 Å². The first-order chi connectivity index (χ1) is 11.3. The van der Waals surface area contributed by atoms with Gasteiger partial charge in [0.1, 0.15) is 12.3 Å². The molecule has 7 nitrogen and oxygen atoms in total. The quantitative estimate of drug-likeness (QED) is 0.790. The maximum absolute atomic E-state index is 6.12. The van der Waals surface area contributed by atoms with Gasteiger partial charge in [-0.05, 0) is 12.1 Å². The summed E-state index contributed by atoms with van der Waals surface area (Å²) in [4.78, 5) is 4.20. The van der Waals surface area contributed by atoms with Gasteiger partial charge in [-0.2, -0.15) is 10.1 Å². The first-order valence-corrected chi connectivity index (χ1v) is 7.53. The van der Waals surface area contributed by atoms with Gasteiger partial charge in [0.05, 0.1) is 18.2 Å². The van der Waals surface area contributed by atoms with Gasteiger partial charge in [-0.15, -0.1) is 0 Å². The van der Waals surface area contributed by atoms with Crippen LogP contribution < -0.4 is 4.74 Å². The fraction of sp³-hybridized carbons (Fsp3) is 0.267. The molecule has 23 heavy (non-hydrogen) atoms. The number of aromatic nitrogens is 4. The highest BCUT2D eigenvalue weighted by molar-refractivity contribution is 6.33. The molecule has 0 fully saturated rings. The molecule has 0 saturated carbocycles. The van der Waals surface area contributed by atoms with Crippen molar-refractivity contribution in [2.75, 3.05) is 6.61 Å². The highest BCUT2D eigenvalue weighted by Gasteiger charge is 2.19. The number of hydrogen-bond donors (Lipinski definition) is 1. The summed E-state index contributed by atoms with van der Waals surface area (Å²) in [6.45, 7) is 1.49. The van der Waals surface area contributed by atoms with Gasteiger partial charge in [0.2, 0.25) is 5.82 Å². The maximum Gasteiger partial charge on any atom is 0.418 e. The van der Waals surface area contributed by atoms with Crippen LogP contribution in [0.25, 0.3) is 11.4 Å². The zero-order valence-corrected chi connectivity index (χ0v) is 12.8. The van der Waals surface area contributed by atoms with E-state index < -0.39 is 0 Å². The van der Waals surface area contributed by atoms with Gasteiger partial charge < -0.3 is 9.47 Å². The summed E-state index contributed by atoms with van der Waals surface area (Å²) in [5.41, 5.74) is 3.62. The number of hydrogen-bond acceptors (Lipinski definition) is 6. The number of H-pyrrole nitrogens is 1. The summed E-state index contributed by atoms with van der Waals surface area (Å²) in [5, 5.41) is 11.7. The lowest BCUT2D eigenvalue weighted by atomic mass is 10.1. The van der Waals surface area contributed by atoms with Crippen LogP contribution in [-0.2, 0) is 24.4 Å². The molecular formula is C15H13ClN4O3. The van der Waals surface area contributed by atoms with E-state index in [0.29, 0.717) is 29.6 Å². The molecule has 3 heterocycles.